The number of rotatable bonds is 6. The average Bonchev–Trinajstić information content (AvgIpc) is 3.24. The third-order valence-corrected chi connectivity index (χ3v) is 4.27. The fourth-order valence-electron chi connectivity index (χ4n) is 2.88. The number of hydrogen-bond donors (Lipinski definition) is 1. The number of carbonyl (C=O) groups excluding carboxylic acids is 2. The SMILES string of the molecule is O=C(COC(=O)c1nc(-c2ccccc2)n(-c2ccccc2)n1)Nc1cccc(F)c1. The van der Waals surface area contributed by atoms with Crippen LogP contribution in [0.25, 0.3) is 17.1 Å². The van der Waals surface area contributed by atoms with Crippen molar-refractivity contribution >= 4 is 17.6 Å². The molecule has 1 heterocycles. The Morgan fingerprint density at radius 1 is 0.935 bits per heavy atom. The molecule has 0 saturated heterocycles. The van der Waals surface area contributed by atoms with Gasteiger partial charge in [0.1, 0.15) is 5.82 Å². The van der Waals surface area contributed by atoms with Crippen molar-refractivity contribution < 1.29 is 18.7 Å². The number of hydrogen-bond acceptors (Lipinski definition) is 5. The Labute approximate surface area is 177 Å². The molecule has 0 saturated carbocycles. The summed E-state index contributed by atoms with van der Waals surface area (Å²) in [4.78, 5) is 28.8. The first-order valence-electron chi connectivity index (χ1n) is 9.40. The largest absolute Gasteiger partial charge is 0.450 e. The summed E-state index contributed by atoms with van der Waals surface area (Å²) in [7, 11) is 0. The molecule has 154 valence electrons. The molecule has 0 fully saturated rings. The number of nitrogens with one attached hydrogen (secondary N) is 1. The van der Waals surface area contributed by atoms with Crippen molar-refractivity contribution in [3.05, 3.63) is 96.6 Å². The highest BCUT2D eigenvalue weighted by Crippen LogP contribution is 2.21. The smallest absolute Gasteiger partial charge is 0.378 e. The topological polar surface area (TPSA) is 86.1 Å². The van der Waals surface area contributed by atoms with Crippen LogP contribution < -0.4 is 5.32 Å². The summed E-state index contributed by atoms with van der Waals surface area (Å²) >= 11 is 0. The maximum Gasteiger partial charge on any atom is 0.378 e. The number of aromatic nitrogens is 3. The van der Waals surface area contributed by atoms with Gasteiger partial charge in [0, 0.05) is 11.3 Å². The summed E-state index contributed by atoms with van der Waals surface area (Å²) < 4.78 is 19.8. The molecule has 0 aliphatic carbocycles. The highest BCUT2D eigenvalue weighted by atomic mass is 19.1. The number of para-hydroxylation sites is 1. The van der Waals surface area contributed by atoms with E-state index in [0.29, 0.717) is 5.82 Å². The van der Waals surface area contributed by atoms with Gasteiger partial charge in [-0.25, -0.2) is 18.9 Å². The molecule has 1 N–H and O–H groups in total. The lowest BCUT2D eigenvalue weighted by atomic mass is 10.2. The van der Waals surface area contributed by atoms with Gasteiger partial charge in [-0.15, -0.1) is 5.10 Å². The van der Waals surface area contributed by atoms with Gasteiger partial charge in [-0.1, -0.05) is 54.6 Å². The zero-order valence-corrected chi connectivity index (χ0v) is 16.2. The summed E-state index contributed by atoms with van der Waals surface area (Å²) in [6.07, 6.45) is 0. The van der Waals surface area contributed by atoms with Crippen LogP contribution in [0.1, 0.15) is 10.6 Å². The molecule has 0 radical (unpaired) electrons. The Morgan fingerprint density at radius 3 is 2.35 bits per heavy atom. The predicted octanol–water partition coefficient (Wildman–Crippen LogP) is 3.87. The molecule has 0 spiro atoms. The molecule has 4 rings (SSSR count). The van der Waals surface area contributed by atoms with Crippen LogP contribution >= 0.6 is 0 Å². The number of anilines is 1. The predicted molar refractivity (Wildman–Crippen MR) is 112 cm³/mol. The van der Waals surface area contributed by atoms with Crippen LogP contribution in [0.4, 0.5) is 10.1 Å². The van der Waals surface area contributed by atoms with Crippen molar-refractivity contribution in [2.75, 3.05) is 11.9 Å². The van der Waals surface area contributed by atoms with Crippen LogP contribution in [0.2, 0.25) is 0 Å². The zero-order chi connectivity index (χ0) is 21.6. The molecule has 0 aliphatic rings. The quantitative estimate of drug-likeness (QED) is 0.482. The Kier molecular flexibility index (Phi) is 5.79. The molecule has 0 unspecified atom stereocenters. The molecular weight excluding hydrogens is 399 g/mol. The van der Waals surface area contributed by atoms with E-state index < -0.39 is 24.3 Å². The van der Waals surface area contributed by atoms with Crippen molar-refractivity contribution in [3.8, 4) is 17.1 Å². The van der Waals surface area contributed by atoms with Crippen molar-refractivity contribution in [1.29, 1.82) is 0 Å². The Morgan fingerprint density at radius 2 is 1.65 bits per heavy atom. The number of esters is 1. The molecule has 7 nitrogen and oxygen atoms in total. The molecule has 8 heteroatoms. The summed E-state index contributed by atoms with van der Waals surface area (Å²) in [6.45, 7) is -0.560. The molecule has 1 aromatic heterocycles. The van der Waals surface area contributed by atoms with Crippen molar-refractivity contribution in [3.63, 3.8) is 0 Å². The second-order valence-corrected chi connectivity index (χ2v) is 6.51. The first-order valence-corrected chi connectivity index (χ1v) is 9.40. The maximum absolute atomic E-state index is 13.2. The minimum absolute atomic E-state index is 0.179. The molecule has 1 amide bonds. The van der Waals surface area contributed by atoms with Crippen LogP contribution in [0.15, 0.2) is 84.9 Å². The van der Waals surface area contributed by atoms with Gasteiger partial charge in [-0.2, -0.15) is 0 Å². The van der Waals surface area contributed by atoms with Crippen LogP contribution in [0.5, 0.6) is 0 Å². The van der Waals surface area contributed by atoms with E-state index >= 15 is 0 Å². The Balaban J connectivity index is 1.52. The van der Waals surface area contributed by atoms with E-state index in [9.17, 15) is 14.0 Å². The summed E-state index contributed by atoms with van der Waals surface area (Å²) in [5.74, 6) is -1.66. The molecule has 0 atom stereocenters. The van der Waals surface area contributed by atoms with Crippen LogP contribution in [-0.2, 0) is 9.53 Å². The van der Waals surface area contributed by atoms with Crippen LogP contribution in [0.3, 0.4) is 0 Å². The number of ether oxygens (including phenoxy) is 1. The van der Waals surface area contributed by atoms with E-state index in [1.165, 1.54) is 18.2 Å². The fourth-order valence-corrected chi connectivity index (χ4v) is 2.88. The van der Waals surface area contributed by atoms with E-state index in [4.69, 9.17) is 4.74 Å². The Bertz CT molecular complexity index is 1150. The second kappa shape index (κ2) is 9.00. The van der Waals surface area contributed by atoms with E-state index in [2.05, 4.69) is 15.4 Å². The Hall–Kier alpha value is -4.33. The van der Waals surface area contributed by atoms with Gasteiger partial charge in [-0.3, -0.25) is 4.79 Å². The minimum Gasteiger partial charge on any atom is -0.450 e. The van der Waals surface area contributed by atoms with E-state index in [-0.39, 0.29) is 11.5 Å². The maximum atomic E-state index is 13.2. The third kappa shape index (κ3) is 4.81. The number of benzene rings is 3. The van der Waals surface area contributed by atoms with Gasteiger partial charge in [0.05, 0.1) is 5.69 Å². The summed E-state index contributed by atoms with van der Waals surface area (Å²) in [6, 6.07) is 23.9. The lowest BCUT2D eigenvalue weighted by Gasteiger charge is -2.05. The number of nitrogens with zero attached hydrogens (tertiary/aromatic N) is 3. The first-order chi connectivity index (χ1) is 15.1. The lowest BCUT2D eigenvalue weighted by Crippen LogP contribution is -2.21. The number of amides is 1. The second-order valence-electron chi connectivity index (χ2n) is 6.51. The minimum atomic E-state index is -0.846. The first kappa shape index (κ1) is 20.0. The average molecular weight is 416 g/mol. The zero-order valence-electron chi connectivity index (χ0n) is 16.2. The normalized spacial score (nSPS) is 10.5. The monoisotopic (exact) mass is 416 g/mol. The van der Waals surface area contributed by atoms with Crippen molar-refractivity contribution in [2.45, 2.75) is 0 Å². The van der Waals surface area contributed by atoms with Crippen molar-refractivity contribution in [2.24, 2.45) is 0 Å². The van der Waals surface area contributed by atoms with Crippen LogP contribution in [-0.4, -0.2) is 33.2 Å². The lowest BCUT2D eigenvalue weighted by molar-refractivity contribution is -0.119. The fraction of sp³-hybridized carbons (Fsp3) is 0.0435. The van der Waals surface area contributed by atoms with Gasteiger partial charge >= 0.3 is 5.97 Å². The molecular formula is C23H17FN4O3. The number of halogens is 1. The van der Waals surface area contributed by atoms with E-state index in [0.717, 1.165) is 17.3 Å². The molecule has 31 heavy (non-hydrogen) atoms. The standard InChI is InChI=1S/C23H17FN4O3/c24-17-10-7-11-18(14-17)25-20(29)15-31-23(30)21-26-22(16-8-3-1-4-9-16)28(27-21)19-12-5-2-6-13-19/h1-14H,15H2,(H,25,29). The van der Waals surface area contributed by atoms with Crippen LogP contribution in [0, 0.1) is 5.82 Å². The van der Waals surface area contributed by atoms with E-state index in [1.54, 1.807) is 4.68 Å². The summed E-state index contributed by atoms with van der Waals surface area (Å²) in [5.41, 5.74) is 1.75. The number of carbonyl (C=O) groups is 2. The van der Waals surface area contributed by atoms with Gasteiger partial charge in [0.2, 0.25) is 0 Å². The molecule has 3 aromatic carbocycles. The van der Waals surface area contributed by atoms with Gasteiger partial charge < -0.3 is 10.1 Å². The highest BCUT2D eigenvalue weighted by molar-refractivity contribution is 5.94. The van der Waals surface area contributed by atoms with Gasteiger partial charge in [0.25, 0.3) is 11.7 Å². The molecule has 0 bridgehead atoms. The molecule has 4 aromatic rings. The van der Waals surface area contributed by atoms with Crippen molar-refractivity contribution in [1.82, 2.24) is 14.8 Å². The summed E-state index contributed by atoms with van der Waals surface area (Å²) in [5, 5.41) is 6.74. The van der Waals surface area contributed by atoms with Gasteiger partial charge in [-0.05, 0) is 30.3 Å². The van der Waals surface area contributed by atoms with E-state index in [1.807, 2.05) is 60.7 Å². The van der Waals surface area contributed by atoms with Gasteiger partial charge in [0.15, 0.2) is 12.4 Å². The molecule has 0 aliphatic heterocycles. The highest BCUT2D eigenvalue weighted by Gasteiger charge is 2.20. The third-order valence-electron chi connectivity index (χ3n) is 4.27.